The van der Waals surface area contributed by atoms with Crippen LogP contribution in [0.1, 0.15) is 34.3 Å². The molecule has 1 aliphatic rings. The molecular formula is C20H23ClN2O2. The number of hydrogen-bond donors (Lipinski definition) is 2. The molecule has 2 aromatic rings. The number of piperidine rings is 1. The van der Waals surface area contributed by atoms with Gasteiger partial charge in [-0.1, -0.05) is 41.9 Å². The molecule has 0 spiro atoms. The van der Waals surface area contributed by atoms with E-state index in [4.69, 9.17) is 16.7 Å². The molecular weight excluding hydrogens is 336 g/mol. The highest BCUT2D eigenvalue weighted by atomic mass is 35.5. The number of nitrogens with one attached hydrogen (secondary N) is 1. The molecule has 0 atom stereocenters. The van der Waals surface area contributed by atoms with Gasteiger partial charge in [-0.3, -0.25) is 4.90 Å². The quantitative estimate of drug-likeness (QED) is 0.824. The fourth-order valence-electron chi connectivity index (χ4n) is 3.19. The minimum absolute atomic E-state index is 0.330. The van der Waals surface area contributed by atoms with E-state index in [0.29, 0.717) is 11.6 Å². The first-order valence-corrected chi connectivity index (χ1v) is 9.01. The fraction of sp³-hybridized carbons (Fsp3) is 0.350. The van der Waals surface area contributed by atoms with Crippen molar-refractivity contribution in [1.29, 1.82) is 0 Å². The third kappa shape index (κ3) is 5.05. The highest BCUT2D eigenvalue weighted by molar-refractivity contribution is 6.31. The average molecular weight is 359 g/mol. The summed E-state index contributed by atoms with van der Waals surface area (Å²) in [6, 6.07) is 15.6. The maximum Gasteiger partial charge on any atom is 0.335 e. The van der Waals surface area contributed by atoms with Crippen LogP contribution >= 0.6 is 11.6 Å². The van der Waals surface area contributed by atoms with Gasteiger partial charge in [0.05, 0.1) is 5.56 Å². The predicted octanol–water partition coefficient (Wildman–Crippen LogP) is 3.79. The van der Waals surface area contributed by atoms with E-state index in [2.05, 4.69) is 16.3 Å². The second-order valence-electron chi connectivity index (χ2n) is 6.52. The van der Waals surface area contributed by atoms with Crippen molar-refractivity contribution < 1.29 is 9.90 Å². The van der Waals surface area contributed by atoms with Gasteiger partial charge in [-0.2, -0.15) is 0 Å². The topological polar surface area (TPSA) is 52.6 Å². The molecule has 1 aliphatic heterocycles. The lowest BCUT2D eigenvalue weighted by atomic mass is 10.0. The van der Waals surface area contributed by atoms with Gasteiger partial charge in [-0.05, 0) is 55.3 Å². The van der Waals surface area contributed by atoms with E-state index in [-0.39, 0.29) is 0 Å². The Morgan fingerprint density at radius 1 is 1.12 bits per heavy atom. The smallest absolute Gasteiger partial charge is 0.335 e. The molecule has 0 radical (unpaired) electrons. The molecule has 1 fully saturated rings. The van der Waals surface area contributed by atoms with Crippen LogP contribution in [0.4, 0.5) is 0 Å². The molecule has 4 nitrogen and oxygen atoms in total. The van der Waals surface area contributed by atoms with E-state index in [1.54, 1.807) is 12.1 Å². The number of likely N-dealkylation sites (tertiary alicyclic amines) is 1. The lowest BCUT2D eigenvalue weighted by Crippen LogP contribution is -2.41. The zero-order valence-corrected chi connectivity index (χ0v) is 14.9. The van der Waals surface area contributed by atoms with Gasteiger partial charge < -0.3 is 10.4 Å². The molecule has 0 aromatic heterocycles. The summed E-state index contributed by atoms with van der Waals surface area (Å²) >= 11 is 6.24. The van der Waals surface area contributed by atoms with Crippen LogP contribution in [0.2, 0.25) is 5.02 Å². The number of halogens is 1. The number of carboxylic acids is 1. The van der Waals surface area contributed by atoms with Crippen LogP contribution in [-0.4, -0.2) is 35.1 Å². The number of benzene rings is 2. The Morgan fingerprint density at radius 3 is 2.44 bits per heavy atom. The monoisotopic (exact) mass is 358 g/mol. The van der Waals surface area contributed by atoms with E-state index in [0.717, 1.165) is 49.6 Å². The van der Waals surface area contributed by atoms with Crippen molar-refractivity contribution in [2.75, 3.05) is 13.1 Å². The van der Waals surface area contributed by atoms with Gasteiger partial charge >= 0.3 is 5.97 Å². The van der Waals surface area contributed by atoms with Gasteiger partial charge in [-0.15, -0.1) is 0 Å². The van der Waals surface area contributed by atoms with Crippen LogP contribution in [-0.2, 0) is 13.1 Å². The summed E-state index contributed by atoms with van der Waals surface area (Å²) in [7, 11) is 0. The molecule has 2 aromatic carbocycles. The first-order chi connectivity index (χ1) is 12.1. The zero-order chi connectivity index (χ0) is 17.6. The Kier molecular flexibility index (Phi) is 6.08. The minimum Gasteiger partial charge on any atom is -0.478 e. The normalized spacial score (nSPS) is 16.0. The molecule has 0 bridgehead atoms. The second kappa shape index (κ2) is 8.48. The molecule has 2 N–H and O–H groups in total. The van der Waals surface area contributed by atoms with Gasteiger partial charge in [0.2, 0.25) is 0 Å². The van der Waals surface area contributed by atoms with Gasteiger partial charge in [0, 0.05) is 24.2 Å². The lowest BCUT2D eigenvalue weighted by molar-refractivity contribution is 0.0697. The first-order valence-electron chi connectivity index (χ1n) is 8.63. The Morgan fingerprint density at radius 2 is 1.80 bits per heavy atom. The van der Waals surface area contributed by atoms with Gasteiger partial charge in [0.25, 0.3) is 0 Å². The van der Waals surface area contributed by atoms with Crippen LogP contribution in [0.3, 0.4) is 0 Å². The number of rotatable bonds is 6. The van der Waals surface area contributed by atoms with E-state index >= 15 is 0 Å². The summed E-state index contributed by atoms with van der Waals surface area (Å²) in [6.45, 7) is 3.79. The number of nitrogens with zero attached hydrogens (tertiary/aromatic N) is 1. The van der Waals surface area contributed by atoms with Crippen molar-refractivity contribution in [3.8, 4) is 0 Å². The highest BCUT2D eigenvalue weighted by Crippen LogP contribution is 2.20. The number of carboxylic acid groups (broad SMARTS) is 1. The molecule has 0 saturated carbocycles. The van der Waals surface area contributed by atoms with Crippen molar-refractivity contribution in [2.45, 2.75) is 32.0 Å². The van der Waals surface area contributed by atoms with Gasteiger partial charge in [-0.25, -0.2) is 4.79 Å². The molecule has 1 heterocycles. The van der Waals surface area contributed by atoms with E-state index in [1.807, 2.05) is 30.3 Å². The Hall–Kier alpha value is -1.88. The maximum absolute atomic E-state index is 10.9. The largest absolute Gasteiger partial charge is 0.478 e. The van der Waals surface area contributed by atoms with E-state index in [9.17, 15) is 4.79 Å². The molecule has 0 amide bonds. The summed E-state index contributed by atoms with van der Waals surface area (Å²) < 4.78 is 0. The van der Waals surface area contributed by atoms with E-state index < -0.39 is 5.97 Å². The minimum atomic E-state index is -0.884. The standard InChI is InChI=1S/C20H23ClN2O2/c21-19-4-2-1-3-17(19)14-23-11-9-18(10-12-23)22-13-15-5-7-16(8-6-15)20(24)25/h1-8,18,22H,9-14H2,(H,24,25). The average Bonchev–Trinajstić information content (AvgIpc) is 2.63. The SMILES string of the molecule is O=C(O)c1ccc(CNC2CCN(Cc3ccccc3Cl)CC2)cc1. The summed E-state index contributed by atoms with van der Waals surface area (Å²) in [6.07, 6.45) is 2.22. The van der Waals surface area contributed by atoms with Crippen LogP contribution < -0.4 is 5.32 Å². The van der Waals surface area contributed by atoms with Crippen LogP contribution in [0.5, 0.6) is 0 Å². The summed E-state index contributed by atoms with van der Waals surface area (Å²) in [4.78, 5) is 13.3. The predicted molar refractivity (Wildman–Crippen MR) is 100.0 cm³/mol. The zero-order valence-electron chi connectivity index (χ0n) is 14.1. The molecule has 0 aliphatic carbocycles. The van der Waals surface area contributed by atoms with Gasteiger partial charge in [0.1, 0.15) is 0 Å². The lowest BCUT2D eigenvalue weighted by Gasteiger charge is -2.32. The molecule has 132 valence electrons. The summed E-state index contributed by atoms with van der Waals surface area (Å²) in [5.41, 5.74) is 2.63. The van der Waals surface area contributed by atoms with Crippen LogP contribution in [0.25, 0.3) is 0 Å². The van der Waals surface area contributed by atoms with Crippen LogP contribution in [0, 0.1) is 0 Å². The highest BCUT2D eigenvalue weighted by Gasteiger charge is 2.19. The fourth-order valence-corrected chi connectivity index (χ4v) is 3.39. The van der Waals surface area contributed by atoms with E-state index in [1.165, 1.54) is 5.56 Å². The number of hydrogen-bond acceptors (Lipinski definition) is 3. The molecule has 0 unspecified atom stereocenters. The summed E-state index contributed by atoms with van der Waals surface area (Å²) in [5, 5.41) is 13.4. The van der Waals surface area contributed by atoms with Gasteiger partial charge in [0.15, 0.2) is 0 Å². The molecule has 25 heavy (non-hydrogen) atoms. The first kappa shape index (κ1) is 17.9. The molecule has 1 saturated heterocycles. The van der Waals surface area contributed by atoms with Crippen molar-refractivity contribution in [1.82, 2.24) is 10.2 Å². The third-order valence-electron chi connectivity index (χ3n) is 4.74. The Bertz CT molecular complexity index is 710. The number of aromatic carboxylic acids is 1. The Labute approximate surface area is 153 Å². The maximum atomic E-state index is 10.9. The van der Waals surface area contributed by atoms with Crippen molar-refractivity contribution in [3.05, 3.63) is 70.2 Å². The molecule has 5 heteroatoms. The van der Waals surface area contributed by atoms with Crippen molar-refractivity contribution in [2.24, 2.45) is 0 Å². The Balaban J connectivity index is 1.43. The van der Waals surface area contributed by atoms with Crippen molar-refractivity contribution >= 4 is 17.6 Å². The molecule has 3 rings (SSSR count). The second-order valence-corrected chi connectivity index (χ2v) is 6.93. The summed E-state index contributed by atoms with van der Waals surface area (Å²) in [5.74, 6) is -0.884. The van der Waals surface area contributed by atoms with Crippen molar-refractivity contribution in [3.63, 3.8) is 0 Å². The third-order valence-corrected chi connectivity index (χ3v) is 5.10. The van der Waals surface area contributed by atoms with Crippen LogP contribution in [0.15, 0.2) is 48.5 Å². The number of carbonyl (C=O) groups is 1.